The summed E-state index contributed by atoms with van der Waals surface area (Å²) in [5, 5.41) is 3.46. The van der Waals surface area contributed by atoms with Crippen LogP contribution in [0.15, 0.2) is 36.4 Å². The van der Waals surface area contributed by atoms with E-state index >= 15 is 0 Å². The van der Waals surface area contributed by atoms with Crippen molar-refractivity contribution in [1.82, 2.24) is 5.32 Å². The molecule has 1 unspecified atom stereocenters. The van der Waals surface area contributed by atoms with E-state index in [0.29, 0.717) is 16.3 Å². The molecule has 0 heterocycles. The number of nitrogens with two attached hydrogens (primary N) is 1. The zero-order valence-electron chi connectivity index (χ0n) is 12.4. The van der Waals surface area contributed by atoms with E-state index in [9.17, 15) is 4.79 Å². The molecule has 110 valence electrons. The van der Waals surface area contributed by atoms with Crippen molar-refractivity contribution in [2.24, 2.45) is 0 Å². The Morgan fingerprint density at radius 2 is 1.90 bits per heavy atom. The lowest BCUT2D eigenvalue weighted by Crippen LogP contribution is -2.27. The maximum absolute atomic E-state index is 12.3. The molecule has 0 saturated heterocycles. The number of nitrogens with one attached hydrogen (secondary N) is 1. The summed E-state index contributed by atoms with van der Waals surface area (Å²) in [5.74, 6) is -0.220. The topological polar surface area (TPSA) is 55.1 Å². The summed E-state index contributed by atoms with van der Waals surface area (Å²) in [6.45, 7) is 6.04. The highest BCUT2D eigenvalue weighted by atomic mass is 35.5. The van der Waals surface area contributed by atoms with Crippen LogP contribution in [0.5, 0.6) is 0 Å². The first kappa shape index (κ1) is 15.4. The number of halogens is 1. The summed E-state index contributed by atoms with van der Waals surface area (Å²) in [7, 11) is 0. The van der Waals surface area contributed by atoms with Crippen LogP contribution < -0.4 is 11.1 Å². The zero-order chi connectivity index (χ0) is 15.6. The molecule has 1 atom stereocenters. The Kier molecular flexibility index (Phi) is 4.53. The normalized spacial score (nSPS) is 12.0. The minimum atomic E-state index is -0.220. The van der Waals surface area contributed by atoms with E-state index in [0.717, 1.165) is 11.1 Å². The molecule has 3 nitrogen and oxygen atoms in total. The van der Waals surface area contributed by atoms with Gasteiger partial charge in [-0.25, -0.2) is 0 Å². The molecule has 0 aliphatic rings. The van der Waals surface area contributed by atoms with Crippen molar-refractivity contribution in [1.29, 1.82) is 0 Å². The summed E-state index contributed by atoms with van der Waals surface area (Å²) in [5.41, 5.74) is 10.1. The third-order valence-corrected chi connectivity index (χ3v) is 3.73. The van der Waals surface area contributed by atoms with Crippen molar-refractivity contribution in [3.05, 3.63) is 63.7 Å². The van der Waals surface area contributed by atoms with Gasteiger partial charge in [-0.3, -0.25) is 4.79 Å². The monoisotopic (exact) mass is 302 g/mol. The van der Waals surface area contributed by atoms with Crippen LogP contribution in [0.25, 0.3) is 0 Å². The molecule has 0 aliphatic heterocycles. The summed E-state index contributed by atoms with van der Waals surface area (Å²) < 4.78 is 0. The summed E-state index contributed by atoms with van der Waals surface area (Å²) in [6, 6.07) is 11.0. The first-order chi connectivity index (χ1) is 9.88. The Labute approximate surface area is 130 Å². The Bertz CT molecular complexity index is 682. The van der Waals surface area contributed by atoms with Gasteiger partial charge in [-0.15, -0.1) is 0 Å². The lowest BCUT2D eigenvalue weighted by atomic mass is 10.00. The van der Waals surface area contributed by atoms with Gasteiger partial charge < -0.3 is 11.1 Å². The van der Waals surface area contributed by atoms with Crippen LogP contribution in [0.3, 0.4) is 0 Å². The number of nitrogen functional groups attached to an aromatic ring is 1. The van der Waals surface area contributed by atoms with Gasteiger partial charge in [0.1, 0.15) is 0 Å². The van der Waals surface area contributed by atoms with Gasteiger partial charge in [0, 0.05) is 10.7 Å². The molecule has 0 fully saturated rings. The lowest BCUT2D eigenvalue weighted by molar-refractivity contribution is 0.0940. The molecule has 2 aromatic rings. The van der Waals surface area contributed by atoms with Gasteiger partial charge in [-0.1, -0.05) is 35.4 Å². The number of carbonyl (C=O) groups is 1. The first-order valence-corrected chi connectivity index (χ1v) is 7.19. The van der Waals surface area contributed by atoms with Gasteiger partial charge in [0.2, 0.25) is 0 Å². The predicted molar refractivity (Wildman–Crippen MR) is 87.7 cm³/mol. The Balaban J connectivity index is 2.20. The van der Waals surface area contributed by atoms with E-state index < -0.39 is 0 Å². The largest absolute Gasteiger partial charge is 0.398 e. The van der Waals surface area contributed by atoms with Gasteiger partial charge in [0.15, 0.2) is 0 Å². The number of carbonyl (C=O) groups excluding carboxylic acids is 1. The van der Waals surface area contributed by atoms with Crippen molar-refractivity contribution in [3.63, 3.8) is 0 Å². The van der Waals surface area contributed by atoms with E-state index in [2.05, 4.69) is 11.4 Å². The number of amides is 1. The van der Waals surface area contributed by atoms with Crippen LogP contribution >= 0.6 is 11.6 Å². The molecule has 0 bridgehead atoms. The number of hydrogen-bond donors (Lipinski definition) is 2. The molecule has 1 amide bonds. The van der Waals surface area contributed by atoms with E-state index in [1.165, 1.54) is 5.56 Å². The highest BCUT2D eigenvalue weighted by molar-refractivity contribution is 6.31. The van der Waals surface area contributed by atoms with E-state index in [1.54, 1.807) is 18.2 Å². The molecule has 0 spiro atoms. The van der Waals surface area contributed by atoms with E-state index in [1.807, 2.05) is 32.9 Å². The molecule has 2 rings (SSSR count). The maximum Gasteiger partial charge on any atom is 0.253 e. The summed E-state index contributed by atoms with van der Waals surface area (Å²) in [6.07, 6.45) is 0. The number of aryl methyl sites for hydroxylation is 2. The van der Waals surface area contributed by atoms with Gasteiger partial charge in [0.25, 0.3) is 5.91 Å². The third-order valence-electron chi connectivity index (χ3n) is 3.50. The van der Waals surface area contributed by atoms with Gasteiger partial charge in [-0.2, -0.15) is 0 Å². The van der Waals surface area contributed by atoms with Crippen molar-refractivity contribution in [3.8, 4) is 0 Å². The van der Waals surface area contributed by atoms with Crippen LogP contribution in [0.2, 0.25) is 5.02 Å². The highest BCUT2D eigenvalue weighted by Gasteiger charge is 2.15. The molecule has 0 radical (unpaired) electrons. The second-order valence-corrected chi connectivity index (χ2v) is 5.72. The number of rotatable bonds is 3. The molecule has 21 heavy (non-hydrogen) atoms. The van der Waals surface area contributed by atoms with Crippen molar-refractivity contribution < 1.29 is 4.79 Å². The second-order valence-electron chi connectivity index (χ2n) is 5.29. The predicted octanol–water partition coefficient (Wildman–Crippen LogP) is 4.03. The standard InChI is InChI=1S/C17H19ClN2O/c1-10-4-6-14(11(2)8-10)12(3)20-17(21)15-9-13(18)5-7-16(15)19/h4-9,12H,19H2,1-3H3,(H,20,21). The highest BCUT2D eigenvalue weighted by Crippen LogP contribution is 2.21. The van der Waals surface area contributed by atoms with Crippen LogP contribution in [-0.4, -0.2) is 5.91 Å². The molecule has 0 aromatic heterocycles. The molecular weight excluding hydrogens is 284 g/mol. The van der Waals surface area contributed by atoms with E-state index in [4.69, 9.17) is 17.3 Å². The smallest absolute Gasteiger partial charge is 0.253 e. The number of benzene rings is 2. The Hall–Kier alpha value is -2.00. The molecule has 3 N–H and O–H groups in total. The number of anilines is 1. The van der Waals surface area contributed by atoms with Crippen LogP contribution in [-0.2, 0) is 0 Å². The minimum Gasteiger partial charge on any atom is -0.398 e. The summed E-state index contributed by atoms with van der Waals surface area (Å²) >= 11 is 5.92. The van der Waals surface area contributed by atoms with Crippen LogP contribution in [0.1, 0.15) is 40.0 Å². The fourth-order valence-corrected chi connectivity index (χ4v) is 2.56. The fourth-order valence-electron chi connectivity index (χ4n) is 2.39. The quantitative estimate of drug-likeness (QED) is 0.841. The molecular formula is C17H19ClN2O. The maximum atomic E-state index is 12.3. The molecule has 0 aliphatic carbocycles. The van der Waals surface area contributed by atoms with Crippen LogP contribution in [0.4, 0.5) is 5.69 Å². The lowest BCUT2D eigenvalue weighted by Gasteiger charge is -2.18. The average Bonchev–Trinajstić information content (AvgIpc) is 2.41. The van der Waals surface area contributed by atoms with Gasteiger partial charge in [-0.05, 0) is 50.1 Å². The molecule has 2 aromatic carbocycles. The first-order valence-electron chi connectivity index (χ1n) is 6.81. The van der Waals surface area contributed by atoms with Crippen molar-refractivity contribution in [2.75, 3.05) is 5.73 Å². The minimum absolute atomic E-state index is 0.100. The van der Waals surface area contributed by atoms with Gasteiger partial charge in [0.05, 0.1) is 11.6 Å². The van der Waals surface area contributed by atoms with Crippen molar-refractivity contribution in [2.45, 2.75) is 26.8 Å². The fraction of sp³-hybridized carbons (Fsp3) is 0.235. The average molecular weight is 303 g/mol. The Morgan fingerprint density at radius 3 is 2.57 bits per heavy atom. The molecule has 0 saturated carbocycles. The second kappa shape index (κ2) is 6.19. The number of hydrogen-bond acceptors (Lipinski definition) is 2. The van der Waals surface area contributed by atoms with Crippen LogP contribution in [0, 0.1) is 13.8 Å². The Morgan fingerprint density at radius 1 is 1.19 bits per heavy atom. The van der Waals surface area contributed by atoms with E-state index in [-0.39, 0.29) is 11.9 Å². The SMILES string of the molecule is Cc1ccc(C(C)NC(=O)c2cc(Cl)ccc2N)c(C)c1. The van der Waals surface area contributed by atoms with Gasteiger partial charge >= 0.3 is 0 Å². The summed E-state index contributed by atoms with van der Waals surface area (Å²) in [4.78, 5) is 12.3. The zero-order valence-corrected chi connectivity index (χ0v) is 13.2. The molecule has 4 heteroatoms. The third kappa shape index (κ3) is 3.56. The van der Waals surface area contributed by atoms with Crippen molar-refractivity contribution >= 4 is 23.2 Å².